The number of methoxy groups -OCH3 is 3. The lowest BCUT2D eigenvalue weighted by Gasteiger charge is -2.35. The van der Waals surface area contributed by atoms with E-state index in [0.717, 1.165) is 31.7 Å². The smallest absolute Gasteiger partial charge is 0.241 e. The Morgan fingerprint density at radius 1 is 0.886 bits per heavy atom. The Kier molecular flexibility index (Phi) is 10.6. The van der Waals surface area contributed by atoms with Crippen LogP contribution in [0.4, 0.5) is 23.5 Å². The first-order chi connectivity index (χ1) is 21.4. The molecule has 2 aromatic heterocycles. The third-order valence-corrected chi connectivity index (χ3v) is 8.23. The van der Waals surface area contributed by atoms with Crippen molar-refractivity contribution in [3.63, 3.8) is 0 Å². The topological polar surface area (TPSA) is 163 Å². The van der Waals surface area contributed by atoms with Crippen LogP contribution in [0.3, 0.4) is 0 Å². The van der Waals surface area contributed by atoms with Gasteiger partial charge in [0.2, 0.25) is 17.8 Å². The number of carbonyl (C=O) groups excluding carboxylic acids is 1. The lowest BCUT2D eigenvalue weighted by molar-refractivity contribution is -0.129. The minimum atomic E-state index is 0.0212. The van der Waals surface area contributed by atoms with E-state index in [1.54, 1.807) is 26.2 Å². The molecule has 3 aliphatic rings. The van der Waals surface area contributed by atoms with Crippen LogP contribution in [-0.4, -0.2) is 156 Å². The summed E-state index contributed by atoms with van der Waals surface area (Å²) in [7, 11) is 6.92. The molecule has 0 atom stereocenters. The van der Waals surface area contributed by atoms with Gasteiger partial charge in [-0.3, -0.25) is 9.79 Å². The fourth-order valence-corrected chi connectivity index (χ4v) is 5.58. The van der Waals surface area contributed by atoms with Crippen LogP contribution in [0.2, 0.25) is 0 Å². The van der Waals surface area contributed by atoms with Crippen LogP contribution >= 0.6 is 0 Å². The number of amides is 1. The third kappa shape index (κ3) is 7.08. The number of likely N-dealkylation sites (N-methyl/N-ethyl adjacent to an activating group) is 1. The number of aromatic nitrogens is 4. The summed E-state index contributed by atoms with van der Waals surface area (Å²) >= 11 is 0. The molecular weight excluding hydrogens is 568 g/mol. The number of fused-ring (bicyclic) bond motifs is 1. The maximum absolute atomic E-state index is 12.9. The third-order valence-electron chi connectivity index (χ3n) is 8.23. The zero-order valence-corrected chi connectivity index (χ0v) is 26.2. The maximum atomic E-state index is 12.9. The van der Waals surface area contributed by atoms with E-state index in [1.165, 1.54) is 6.34 Å². The van der Waals surface area contributed by atoms with Crippen LogP contribution in [0.15, 0.2) is 9.98 Å². The number of ether oxygens (including phenoxy) is 3. The second-order valence-corrected chi connectivity index (χ2v) is 11.0. The average molecular weight is 613 g/mol. The Labute approximate surface area is 257 Å². The van der Waals surface area contributed by atoms with Crippen molar-refractivity contribution in [2.24, 2.45) is 15.7 Å². The van der Waals surface area contributed by atoms with E-state index in [0.29, 0.717) is 93.6 Å². The molecule has 0 unspecified atom stereocenters. The van der Waals surface area contributed by atoms with E-state index in [1.807, 2.05) is 16.8 Å². The van der Waals surface area contributed by atoms with Crippen molar-refractivity contribution in [3.8, 4) is 0 Å². The predicted octanol–water partition coefficient (Wildman–Crippen LogP) is -0.382. The van der Waals surface area contributed by atoms with Crippen LogP contribution in [0, 0.1) is 0 Å². The molecule has 0 radical (unpaired) electrons. The lowest BCUT2D eigenvalue weighted by atomic mass is 10.1. The van der Waals surface area contributed by atoms with E-state index in [4.69, 9.17) is 39.9 Å². The molecule has 0 bridgehead atoms. The lowest BCUT2D eigenvalue weighted by Crippen LogP contribution is -2.49. The largest absolute Gasteiger partial charge is 0.390 e. The molecule has 2 saturated heterocycles. The fourth-order valence-electron chi connectivity index (χ4n) is 5.58. The van der Waals surface area contributed by atoms with Gasteiger partial charge in [-0.15, -0.1) is 0 Å². The van der Waals surface area contributed by atoms with Crippen molar-refractivity contribution in [3.05, 3.63) is 0 Å². The first-order valence-corrected chi connectivity index (χ1v) is 15.1. The number of rotatable bonds is 11. The molecule has 44 heavy (non-hydrogen) atoms. The Morgan fingerprint density at radius 3 is 2.25 bits per heavy atom. The zero-order valence-electron chi connectivity index (χ0n) is 26.2. The second-order valence-electron chi connectivity index (χ2n) is 11.0. The van der Waals surface area contributed by atoms with Crippen LogP contribution in [0.25, 0.3) is 11.0 Å². The molecule has 0 saturated carbocycles. The van der Waals surface area contributed by atoms with Crippen molar-refractivity contribution < 1.29 is 19.0 Å². The summed E-state index contributed by atoms with van der Waals surface area (Å²) in [6.07, 6.45) is 3.19. The van der Waals surface area contributed by atoms with Gasteiger partial charge in [0.05, 0.1) is 45.3 Å². The molecule has 0 aromatic carbocycles. The number of piperazine rings is 1. The summed E-state index contributed by atoms with van der Waals surface area (Å²) in [6, 6.07) is 0. The Hall–Kier alpha value is -3.89. The number of hydrogen-bond acceptors (Lipinski definition) is 14. The van der Waals surface area contributed by atoms with Gasteiger partial charge in [-0.1, -0.05) is 0 Å². The first-order valence-electron chi connectivity index (χ1n) is 15.1. The summed E-state index contributed by atoms with van der Waals surface area (Å²) in [6.45, 7) is 6.61. The van der Waals surface area contributed by atoms with Crippen LogP contribution in [0.5, 0.6) is 0 Å². The van der Waals surface area contributed by atoms with E-state index >= 15 is 0 Å². The number of nitrogens with zero attached hydrogens (tertiary/aromatic N) is 11. The number of hydrogen-bond donors (Lipinski definition) is 1. The molecule has 1 amide bonds. The number of carbonyl (C=O) groups is 1. The van der Waals surface area contributed by atoms with Gasteiger partial charge in [0.25, 0.3) is 0 Å². The second kappa shape index (κ2) is 14.7. The minimum Gasteiger partial charge on any atom is -0.390 e. The first kappa shape index (κ1) is 31.5. The molecule has 3 aliphatic heterocycles. The van der Waals surface area contributed by atoms with Crippen molar-refractivity contribution in [1.29, 1.82) is 0 Å². The summed E-state index contributed by atoms with van der Waals surface area (Å²) in [4.78, 5) is 52.1. The van der Waals surface area contributed by atoms with Gasteiger partial charge in [0.1, 0.15) is 16.9 Å². The van der Waals surface area contributed by atoms with Crippen molar-refractivity contribution in [1.82, 2.24) is 24.8 Å². The van der Waals surface area contributed by atoms with Gasteiger partial charge in [0, 0.05) is 74.2 Å². The quantitative estimate of drug-likeness (QED) is 0.258. The average Bonchev–Trinajstić information content (AvgIpc) is 3.05. The van der Waals surface area contributed by atoms with E-state index in [2.05, 4.69) is 19.8 Å². The maximum Gasteiger partial charge on any atom is 0.241 e. The summed E-state index contributed by atoms with van der Waals surface area (Å²) in [5.74, 6) is 3.03. The Bertz CT molecular complexity index is 1340. The Balaban J connectivity index is 1.68. The van der Waals surface area contributed by atoms with E-state index in [9.17, 15) is 4.79 Å². The highest BCUT2D eigenvalue weighted by Gasteiger charge is 2.31. The van der Waals surface area contributed by atoms with Crippen LogP contribution in [0.1, 0.15) is 12.8 Å². The molecule has 0 spiro atoms. The Morgan fingerprint density at radius 2 is 1.59 bits per heavy atom. The molecule has 2 aromatic rings. The fraction of sp³-hybridized carbons (Fsp3) is 0.679. The van der Waals surface area contributed by atoms with Crippen molar-refractivity contribution in [2.75, 3.05) is 127 Å². The molecule has 2 N–H and O–H groups in total. The highest BCUT2D eigenvalue weighted by Crippen LogP contribution is 2.34. The number of aliphatic imine (C=N–C) groups is 2. The number of anilines is 4. The SMILES string of the molecule is COCCN(CCOC)c1nc(N2CCN(C)C(=O)C2)c2nc(N3CCN=C(N=CN)C3)nc(N3CCC(OC)CC3)c2n1. The van der Waals surface area contributed by atoms with Gasteiger partial charge < -0.3 is 44.4 Å². The van der Waals surface area contributed by atoms with E-state index < -0.39 is 0 Å². The van der Waals surface area contributed by atoms with Crippen LogP contribution in [-0.2, 0) is 19.0 Å². The molecule has 16 nitrogen and oxygen atoms in total. The van der Waals surface area contributed by atoms with Crippen LogP contribution < -0.4 is 25.3 Å². The normalized spacial score (nSPS) is 18.5. The van der Waals surface area contributed by atoms with Gasteiger partial charge in [-0.25, -0.2) is 15.0 Å². The standard InChI is InChI=1S/C28H44N12O4/c1-36-11-12-39(18-22(36)41)26-24-23(32-27(35-26)38(13-15-42-2)14-16-43-3)25(37-8-5-20(44-4)6-9-37)34-28(33-24)40-10-7-30-21(17-40)31-19-29/h19-20H,5-18H2,1-4H3,(H2,29,30,31). The van der Waals surface area contributed by atoms with Gasteiger partial charge in [-0.05, 0) is 12.8 Å². The zero-order chi connectivity index (χ0) is 31.1. The number of amidine groups is 1. The molecule has 0 aliphatic carbocycles. The molecule has 2 fully saturated rings. The van der Waals surface area contributed by atoms with Gasteiger partial charge in [-0.2, -0.15) is 9.97 Å². The molecule has 240 valence electrons. The van der Waals surface area contributed by atoms with Gasteiger partial charge in [0.15, 0.2) is 11.6 Å². The molecular formula is C28H44N12O4. The monoisotopic (exact) mass is 612 g/mol. The molecule has 5 heterocycles. The van der Waals surface area contributed by atoms with Crippen molar-refractivity contribution >= 4 is 52.6 Å². The van der Waals surface area contributed by atoms with Gasteiger partial charge >= 0.3 is 0 Å². The number of nitrogens with two attached hydrogens (primary N) is 1. The van der Waals surface area contributed by atoms with E-state index in [-0.39, 0.29) is 18.6 Å². The highest BCUT2D eigenvalue weighted by atomic mass is 16.5. The van der Waals surface area contributed by atoms with Crippen molar-refractivity contribution in [2.45, 2.75) is 18.9 Å². The summed E-state index contributed by atoms with van der Waals surface area (Å²) in [5.41, 5.74) is 6.82. The number of piperidine rings is 1. The summed E-state index contributed by atoms with van der Waals surface area (Å²) in [5, 5.41) is 0. The summed E-state index contributed by atoms with van der Waals surface area (Å²) < 4.78 is 16.5. The minimum absolute atomic E-state index is 0.0212. The highest BCUT2D eigenvalue weighted by molar-refractivity contribution is 5.97. The predicted molar refractivity (Wildman–Crippen MR) is 170 cm³/mol. The molecule has 5 rings (SSSR count). The molecule has 16 heteroatoms.